The fourth-order valence-electron chi connectivity index (χ4n) is 2.22. The summed E-state index contributed by atoms with van der Waals surface area (Å²) in [6, 6.07) is 6.42. The maximum atomic E-state index is 12.0. The van der Waals surface area contributed by atoms with Crippen LogP contribution in [-0.2, 0) is 14.3 Å². The Labute approximate surface area is 142 Å². The molecule has 0 bridgehead atoms. The van der Waals surface area contributed by atoms with E-state index in [9.17, 15) is 14.4 Å². The smallest absolute Gasteiger partial charge is 0.337 e. The molecule has 0 radical (unpaired) electrons. The molecule has 0 aromatic heterocycles. The third kappa shape index (κ3) is 6.00. The molecule has 0 saturated heterocycles. The summed E-state index contributed by atoms with van der Waals surface area (Å²) in [7, 11) is 3.04. The van der Waals surface area contributed by atoms with Gasteiger partial charge in [-0.2, -0.15) is 0 Å². The van der Waals surface area contributed by atoms with Gasteiger partial charge in [0.25, 0.3) is 0 Å². The molecule has 0 atom stereocenters. The minimum absolute atomic E-state index is 0.00210. The molecule has 7 heteroatoms. The van der Waals surface area contributed by atoms with Gasteiger partial charge in [0, 0.05) is 18.8 Å². The predicted octanol–water partition coefficient (Wildman–Crippen LogP) is 1.21. The monoisotopic (exact) mass is 335 g/mol. The lowest BCUT2D eigenvalue weighted by Gasteiger charge is -2.22. The minimum Gasteiger partial charge on any atom is -0.465 e. The average Bonchev–Trinajstić information content (AvgIpc) is 2.55. The van der Waals surface area contributed by atoms with Gasteiger partial charge in [-0.1, -0.05) is 0 Å². The molecule has 132 valence electrons. The van der Waals surface area contributed by atoms with E-state index in [1.807, 2.05) is 13.8 Å². The molecule has 0 spiro atoms. The fourth-order valence-corrected chi connectivity index (χ4v) is 2.22. The van der Waals surface area contributed by atoms with Crippen LogP contribution in [0.4, 0.5) is 5.69 Å². The van der Waals surface area contributed by atoms with Crippen LogP contribution in [0.5, 0.6) is 0 Å². The first-order chi connectivity index (χ1) is 11.4. The van der Waals surface area contributed by atoms with Gasteiger partial charge in [-0.3, -0.25) is 14.5 Å². The topological polar surface area (TPSA) is 79.0 Å². The molecule has 0 aliphatic heterocycles. The number of ether oxygens (including phenoxy) is 1. The van der Waals surface area contributed by atoms with Crippen LogP contribution in [0, 0.1) is 0 Å². The molecule has 2 amide bonds. The van der Waals surface area contributed by atoms with Gasteiger partial charge in [-0.25, -0.2) is 4.79 Å². The highest BCUT2D eigenvalue weighted by Gasteiger charge is 2.14. The van der Waals surface area contributed by atoms with E-state index in [2.05, 4.69) is 10.1 Å². The first kappa shape index (κ1) is 19.6. The summed E-state index contributed by atoms with van der Waals surface area (Å²) >= 11 is 0. The summed E-state index contributed by atoms with van der Waals surface area (Å²) in [6.45, 7) is 5.45. The number of nitrogens with zero attached hydrogens (tertiary/aromatic N) is 2. The Kier molecular flexibility index (Phi) is 7.91. The molecule has 0 aliphatic carbocycles. The van der Waals surface area contributed by atoms with Crippen LogP contribution >= 0.6 is 0 Å². The number of carbonyl (C=O) groups excluding carboxylic acids is 3. The van der Waals surface area contributed by atoms with E-state index in [1.165, 1.54) is 7.11 Å². The van der Waals surface area contributed by atoms with Gasteiger partial charge in [-0.05, 0) is 45.2 Å². The van der Waals surface area contributed by atoms with Crippen molar-refractivity contribution in [3.05, 3.63) is 29.8 Å². The van der Waals surface area contributed by atoms with Crippen molar-refractivity contribution in [3.8, 4) is 0 Å². The van der Waals surface area contributed by atoms with Crippen LogP contribution in [0.3, 0.4) is 0 Å². The zero-order valence-electron chi connectivity index (χ0n) is 14.7. The highest BCUT2D eigenvalue weighted by atomic mass is 16.5. The van der Waals surface area contributed by atoms with Crippen LogP contribution in [0.25, 0.3) is 0 Å². The Morgan fingerprint density at radius 3 is 2.12 bits per heavy atom. The van der Waals surface area contributed by atoms with E-state index >= 15 is 0 Å². The Morgan fingerprint density at radius 2 is 1.62 bits per heavy atom. The standard InChI is InChI=1S/C17H25N3O4/c1-5-20(6-2)16(22)12-19(3)11-15(21)18-14-9-7-13(8-10-14)17(23)24-4/h7-10H,5-6,11-12H2,1-4H3,(H,18,21). The van der Waals surface area contributed by atoms with E-state index in [4.69, 9.17) is 0 Å². The van der Waals surface area contributed by atoms with Crippen molar-refractivity contribution in [2.75, 3.05) is 45.7 Å². The lowest BCUT2D eigenvalue weighted by Crippen LogP contribution is -2.41. The fraction of sp³-hybridized carbons (Fsp3) is 0.471. The van der Waals surface area contributed by atoms with Crippen LogP contribution in [-0.4, -0.2) is 67.9 Å². The van der Waals surface area contributed by atoms with E-state index in [-0.39, 0.29) is 24.9 Å². The number of carbonyl (C=O) groups is 3. The molecular weight excluding hydrogens is 310 g/mol. The molecule has 1 aromatic rings. The van der Waals surface area contributed by atoms with Crippen molar-refractivity contribution in [1.29, 1.82) is 0 Å². The number of nitrogens with one attached hydrogen (secondary N) is 1. The van der Waals surface area contributed by atoms with Gasteiger partial charge in [-0.15, -0.1) is 0 Å². The van der Waals surface area contributed by atoms with Gasteiger partial charge < -0.3 is 15.0 Å². The summed E-state index contributed by atoms with van der Waals surface area (Å²) in [5, 5.41) is 2.73. The van der Waals surface area contributed by atoms with Crippen LogP contribution in [0.15, 0.2) is 24.3 Å². The summed E-state index contributed by atoms with van der Waals surface area (Å²) in [5.74, 6) is -0.657. The first-order valence-corrected chi connectivity index (χ1v) is 7.85. The van der Waals surface area contributed by atoms with E-state index in [0.717, 1.165) is 0 Å². The Bertz CT molecular complexity index is 568. The molecule has 0 unspecified atom stereocenters. The molecule has 0 heterocycles. The SMILES string of the molecule is CCN(CC)C(=O)CN(C)CC(=O)Nc1ccc(C(=O)OC)cc1. The van der Waals surface area contributed by atoms with Crippen LogP contribution < -0.4 is 5.32 Å². The maximum Gasteiger partial charge on any atom is 0.337 e. The van der Waals surface area contributed by atoms with Crippen molar-refractivity contribution >= 4 is 23.5 Å². The number of hydrogen-bond donors (Lipinski definition) is 1. The van der Waals surface area contributed by atoms with E-state index < -0.39 is 5.97 Å². The number of esters is 1. The first-order valence-electron chi connectivity index (χ1n) is 7.85. The van der Waals surface area contributed by atoms with Gasteiger partial charge >= 0.3 is 5.97 Å². The number of methoxy groups -OCH3 is 1. The van der Waals surface area contributed by atoms with Crippen molar-refractivity contribution in [2.45, 2.75) is 13.8 Å². The van der Waals surface area contributed by atoms with Gasteiger partial charge in [0.2, 0.25) is 11.8 Å². The zero-order chi connectivity index (χ0) is 18.1. The highest BCUT2D eigenvalue weighted by Crippen LogP contribution is 2.10. The molecule has 7 nitrogen and oxygen atoms in total. The normalized spacial score (nSPS) is 10.4. The second-order valence-electron chi connectivity index (χ2n) is 5.36. The molecule has 0 aliphatic rings. The lowest BCUT2D eigenvalue weighted by molar-refractivity contribution is -0.132. The second-order valence-corrected chi connectivity index (χ2v) is 5.36. The number of hydrogen-bond acceptors (Lipinski definition) is 5. The van der Waals surface area contributed by atoms with Gasteiger partial charge in [0.15, 0.2) is 0 Å². The second kappa shape index (κ2) is 9.67. The van der Waals surface area contributed by atoms with Crippen molar-refractivity contribution < 1.29 is 19.1 Å². The average molecular weight is 335 g/mol. The number of amides is 2. The lowest BCUT2D eigenvalue weighted by atomic mass is 10.2. The molecule has 0 saturated carbocycles. The third-order valence-corrected chi connectivity index (χ3v) is 3.52. The largest absolute Gasteiger partial charge is 0.465 e. The van der Waals surface area contributed by atoms with Crippen molar-refractivity contribution in [1.82, 2.24) is 9.80 Å². The third-order valence-electron chi connectivity index (χ3n) is 3.52. The Hall–Kier alpha value is -2.41. The zero-order valence-corrected chi connectivity index (χ0v) is 14.7. The molecule has 0 fully saturated rings. The molecule has 24 heavy (non-hydrogen) atoms. The predicted molar refractivity (Wildman–Crippen MR) is 91.8 cm³/mol. The number of rotatable bonds is 8. The van der Waals surface area contributed by atoms with E-state index in [1.54, 1.807) is 41.1 Å². The van der Waals surface area contributed by atoms with Crippen molar-refractivity contribution in [2.24, 2.45) is 0 Å². The van der Waals surface area contributed by atoms with Crippen LogP contribution in [0.1, 0.15) is 24.2 Å². The number of anilines is 1. The molecule has 1 aromatic carbocycles. The van der Waals surface area contributed by atoms with Gasteiger partial charge in [0.1, 0.15) is 0 Å². The quantitative estimate of drug-likeness (QED) is 0.723. The van der Waals surface area contributed by atoms with Crippen LogP contribution in [0.2, 0.25) is 0 Å². The summed E-state index contributed by atoms with van der Waals surface area (Å²) in [6.07, 6.45) is 0. The minimum atomic E-state index is -0.428. The summed E-state index contributed by atoms with van der Waals surface area (Å²) < 4.78 is 4.62. The maximum absolute atomic E-state index is 12.0. The number of likely N-dealkylation sites (N-methyl/N-ethyl adjacent to an activating group) is 2. The van der Waals surface area contributed by atoms with Crippen molar-refractivity contribution in [3.63, 3.8) is 0 Å². The molecule has 1 N–H and O–H groups in total. The Balaban J connectivity index is 2.50. The molecule has 1 rings (SSSR count). The summed E-state index contributed by atoms with van der Waals surface area (Å²) in [5.41, 5.74) is 0.994. The Morgan fingerprint density at radius 1 is 1.04 bits per heavy atom. The number of benzene rings is 1. The molecular formula is C17H25N3O4. The van der Waals surface area contributed by atoms with E-state index in [0.29, 0.717) is 24.3 Å². The van der Waals surface area contributed by atoms with Gasteiger partial charge in [0.05, 0.1) is 25.8 Å². The summed E-state index contributed by atoms with van der Waals surface area (Å²) in [4.78, 5) is 38.7. The highest BCUT2D eigenvalue weighted by molar-refractivity contribution is 5.94.